The molecule has 0 unspecified atom stereocenters. The van der Waals surface area contributed by atoms with Gasteiger partial charge in [0.25, 0.3) is 0 Å². The quantitative estimate of drug-likeness (QED) is 0.799. The average molecular weight is 243 g/mol. The van der Waals surface area contributed by atoms with Crippen molar-refractivity contribution in [3.8, 4) is 0 Å². The summed E-state index contributed by atoms with van der Waals surface area (Å²) in [5, 5.41) is 14.5. The van der Waals surface area contributed by atoms with E-state index in [0.717, 1.165) is 11.7 Å². The maximum atomic E-state index is 9.93. The molecule has 0 aliphatic heterocycles. The van der Waals surface area contributed by atoms with Gasteiger partial charge in [0.05, 0.1) is 6.10 Å². The number of aliphatic hydroxyl groups is 1. The van der Waals surface area contributed by atoms with Crippen LogP contribution in [0.15, 0.2) is 0 Å². The molecule has 2 saturated carbocycles. The van der Waals surface area contributed by atoms with Gasteiger partial charge in [-0.3, -0.25) is 0 Å². The van der Waals surface area contributed by atoms with Gasteiger partial charge in [0, 0.05) is 17.3 Å². The highest BCUT2D eigenvalue weighted by Crippen LogP contribution is 2.28. The van der Waals surface area contributed by atoms with Crippen molar-refractivity contribution in [2.24, 2.45) is 0 Å². The Balaban J connectivity index is 1.73. The van der Waals surface area contributed by atoms with Crippen LogP contribution in [0, 0.1) is 0 Å². The van der Waals surface area contributed by atoms with Crippen molar-refractivity contribution in [2.75, 3.05) is 6.26 Å². The van der Waals surface area contributed by atoms with Crippen LogP contribution in [-0.2, 0) is 0 Å². The van der Waals surface area contributed by atoms with Gasteiger partial charge in [-0.2, -0.15) is 11.8 Å². The molecule has 2 fully saturated rings. The first-order chi connectivity index (χ1) is 7.79. The maximum Gasteiger partial charge on any atom is 0.0693 e. The van der Waals surface area contributed by atoms with E-state index >= 15 is 0 Å². The minimum Gasteiger partial charge on any atom is -0.392 e. The molecular weight excluding hydrogens is 218 g/mol. The van der Waals surface area contributed by atoms with Crippen LogP contribution in [0.3, 0.4) is 0 Å². The highest BCUT2D eigenvalue weighted by molar-refractivity contribution is 7.99. The first-order valence-corrected chi connectivity index (χ1v) is 8.05. The lowest BCUT2D eigenvalue weighted by molar-refractivity contribution is 0.0817. The Hall–Kier alpha value is 0.270. The van der Waals surface area contributed by atoms with Crippen LogP contribution >= 0.6 is 11.8 Å². The zero-order valence-electron chi connectivity index (χ0n) is 10.3. The van der Waals surface area contributed by atoms with Gasteiger partial charge < -0.3 is 10.4 Å². The second-order valence-corrected chi connectivity index (χ2v) is 6.47. The molecule has 2 atom stereocenters. The number of hydrogen-bond acceptors (Lipinski definition) is 3. The summed E-state index contributed by atoms with van der Waals surface area (Å²) in [6.45, 7) is 0. The standard InChI is InChI=1S/C13H25NOS/c1-16-11-8-6-10(7-9-11)14-12-4-2-3-5-13(12)15/h10-15H,2-9H2,1H3/t10?,11?,12-,13-/m0/s1. The highest BCUT2D eigenvalue weighted by Gasteiger charge is 2.27. The summed E-state index contributed by atoms with van der Waals surface area (Å²) < 4.78 is 0. The van der Waals surface area contributed by atoms with Crippen LogP contribution in [-0.4, -0.2) is 34.8 Å². The third kappa shape index (κ3) is 3.38. The van der Waals surface area contributed by atoms with Crippen LogP contribution in [0.5, 0.6) is 0 Å². The maximum absolute atomic E-state index is 9.93. The van der Waals surface area contributed by atoms with Crippen LogP contribution in [0.2, 0.25) is 0 Å². The minimum absolute atomic E-state index is 0.0907. The monoisotopic (exact) mass is 243 g/mol. The van der Waals surface area contributed by atoms with Crippen LogP contribution < -0.4 is 5.32 Å². The Morgan fingerprint density at radius 1 is 1.00 bits per heavy atom. The number of thioether (sulfide) groups is 1. The fraction of sp³-hybridized carbons (Fsp3) is 1.00. The summed E-state index contributed by atoms with van der Waals surface area (Å²) in [6, 6.07) is 1.05. The highest BCUT2D eigenvalue weighted by atomic mass is 32.2. The number of hydrogen-bond donors (Lipinski definition) is 2. The van der Waals surface area contributed by atoms with Crippen molar-refractivity contribution in [3.05, 3.63) is 0 Å². The summed E-state index contributed by atoms with van der Waals surface area (Å²) in [5.41, 5.74) is 0. The van der Waals surface area contributed by atoms with Crippen LogP contribution in [0.4, 0.5) is 0 Å². The van der Waals surface area contributed by atoms with E-state index in [1.165, 1.54) is 44.9 Å². The number of nitrogens with one attached hydrogen (secondary N) is 1. The Labute approximate surface area is 104 Å². The van der Waals surface area contributed by atoms with Crippen molar-refractivity contribution >= 4 is 11.8 Å². The van der Waals surface area contributed by atoms with E-state index in [0.29, 0.717) is 12.1 Å². The lowest BCUT2D eigenvalue weighted by atomic mass is 9.89. The third-order valence-corrected chi connectivity index (χ3v) is 5.32. The molecule has 2 rings (SSSR count). The molecule has 3 heteroatoms. The smallest absolute Gasteiger partial charge is 0.0693 e. The molecule has 16 heavy (non-hydrogen) atoms. The van der Waals surface area contributed by atoms with Gasteiger partial charge in [0.1, 0.15) is 0 Å². The van der Waals surface area contributed by atoms with Crippen molar-refractivity contribution in [1.29, 1.82) is 0 Å². The fourth-order valence-electron chi connectivity index (χ4n) is 3.07. The lowest BCUT2D eigenvalue weighted by Crippen LogP contribution is -2.48. The summed E-state index contributed by atoms with van der Waals surface area (Å²) in [5.74, 6) is 0. The molecule has 0 aromatic rings. The Morgan fingerprint density at radius 3 is 2.31 bits per heavy atom. The molecule has 0 saturated heterocycles. The molecule has 2 aliphatic carbocycles. The molecule has 0 heterocycles. The molecule has 0 radical (unpaired) electrons. The molecule has 0 aromatic carbocycles. The third-order valence-electron chi connectivity index (χ3n) is 4.19. The summed E-state index contributed by atoms with van der Waals surface area (Å²) >= 11 is 2.02. The second kappa shape index (κ2) is 6.27. The zero-order chi connectivity index (χ0) is 11.4. The fourth-order valence-corrected chi connectivity index (χ4v) is 3.82. The van der Waals surface area contributed by atoms with E-state index in [1.807, 2.05) is 11.8 Å². The topological polar surface area (TPSA) is 32.3 Å². The first-order valence-electron chi connectivity index (χ1n) is 6.76. The molecule has 0 aromatic heterocycles. The van der Waals surface area contributed by atoms with Crippen molar-refractivity contribution in [1.82, 2.24) is 5.32 Å². The van der Waals surface area contributed by atoms with Gasteiger partial charge in [0.2, 0.25) is 0 Å². The Morgan fingerprint density at radius 2 is 1.69 bits per heavy atom. The van der Waals surface area contributed by atoms with Gasteiger partial charge in [0.15, 0.2) is 0 Å². The summed E-state index contributed by atoms with van der Waals surface area (Å²) in [7, 11) is 0. The molecule has 2 N–H and O–H groups in total. The minimum atomic E-state index is -0.0907. The molecular formula is C13H25NOS. The first kappa shape index (κ1) is 12.7. The van der Waals surface area contributed by atoms with E-state index in [4.69, 9.17) is 0 Å². The largest absolute Gasteiger partial charge is 0.392 e. The predicted molar refractivity (Wildman–Crippen MR) is 71.0 cm³/mol. The number of aliphatic hydroxyl groups excluding tert-OH is 1. The molecule has 0 spiro atoms. The van der Waals surface area contributed by atoms with E-state index in [9.17, 15) is 5.11 Å². The average Bonchev–Trinajstić information content (AvgIpc) is 2.33. The van der Waals surface area contributed by atoms with Gasteiger partial charge >= 0.3 is 0 Å². The van der Waals surface area contributed by atoms with Crippen LogP contribution in [0.1, 0.15) is 51.4 Å². The zero-order valence-corrected chi connectivity index (χ0v) is 11.1. The normalized spacial score (nSPS) is 40.9. The SMILES string of the molecule is CSC1CCC(N[C@H]2CCCC[C@@H]2O)CC1. The summed E-state index contributed by atoms with van der Waals surface area (Å²) in [6.07, 6.45) is 12.1. The summed E-state index contributed by atoms with van der Waals surface area (Å²) in [4.78, 5) is 0. The Bertz CT molecular complexity index is 204. The van der Waals surface area contributed by atoms with E-state index < -0.39 is 0 Å². The van der Waals surface area contributed by atoms with Gasteiger partial charge in [-0.05, 0) is 44.8 Å². The number of rotatable bonds is 3. The van der Waals surface area contributed by atoms with E-state index in [1.54, 1.807) is 0 Å². The van der Waals surface area contributed by atoms with Crippen molar-refractivity contribution in [3.63, 3.8) is 0 Å². The molecule has 2 aliphatic rings. The second-order valence-electron chi connectivity index (χ2n) is 5.33. The van der Waals surface area contributed by atoms with Gasteiger partial charge in [-0.25, -0.2) is 0 Å². The van der Waals surface area contributed by atoms with Crippen LogP contribution in [0.25, 0.3) is 0 Å². The lowest BCUT2D eigenvalue weighted by Gasteiger charge is -2.35. The van der Waals surface area contributed by atoms with Crippen molar-refractivity contribution in [2.45, 2.75) is 74.8 Å². The van der Waals surface area contributed by atoms with E-state index in [2.05, 4.69) is 11.6 Å². The van der Waals surface area contributed by atoms with Gasteiger partial charge in [-0.15, -0.1) is 0 Å². The van der Waals surface area contributed by atoms with Crippen molar-refractivity contribution < 1.29 is 5.11 Å². The predicted octanol–water partition coefficient (Wildman–Crippen LogP) is 2.55. The van der Waals surface area contributed by atoms with Gasteiger partial charge in [-0.1, -0.05) is 12.8 Å². The molecule has 0 bridgehead atoms. The van der Waals surface area contributed by atoms with E-state index in [-0.39, 0.29) is 6.10 Å². The molecule has 2 nitrogen and oxygen atoms in total. The molecule has 94 valence electrons. The Kier molecular flexibility index (Phi) is 4.98. The molecule has 0 amide bonds.